The number of hydrogen-bond acceptors (Lipinski definition) is 6. The van der Waals surface area contributed by atoms with E-state index in [4.69, 9.17) is 4.98 Å². The van der Waals surface area contributed by atoms with Crippen molar-refractivity contribution in [3.8, 4) is 56.1 Å². The number of hydrogen-bond donors (Lipinski definition) is 0. The molecule has 0 unspecified atom stereocenters. The van der Waals surface area contributed by atoms with Crippen LogP contribution >= 0.6 is 0 Å². The normalized spacial score (nSPS) is 11.4. The SMILES string of the molecule is c1ccc(N(c2ccccc2)c2ccc3c(c2)c2cnccc2n3-c2ccc(-c3ccc(-c4cncc(-c5ccc(-c6ccc(-n7c8ccncc8c8cc(N(c9ccccc9)c9ccccc9)ccc87)cc6)cc5)n4)cc3)cc2)cc1. The van der Waals surface area contributed by atoms with Gasteiger partial charge in [-0.25, -0.2) is 4.98 Å². The van der Waals surface area contributed by atoms with Gasteiger partial charge in [0.1, 0.15) is 0 Å². The molecule has 82 heavy (non-hydrogen) atoms. The predicted molar refractivity (Wildman–Crippen MR) is 337 cm³/mol. The quantitative estimate of drug-likeness (QED) is 0.121. The molecule has 0 saturated carbocycles. The van der Waals surface area contributed by atoms with Crippen LogP contribution in [0.2, 0.25) is 0 Å². The first-order valence-electron chi connectivity index (χ1n) is 27.5. The first-order chi connectivity index (χ1) is 40.7. The van der Waals surface area contributed by atoms with Crippen LogP contribution in [0.4, 0.5) is 34.1 Å². The lowest BCUT2D eigenvalue weighted by molar-refractivity contribution is 1.17. The minimum absolute atomic E-state index is 0.820. The summed E-state index contributed by atoms with van der Waals surface area (Å²) in [6.07, 6.45) is 11.4. The molecule has 15 rings (SSSR count). The molecular weight excluding hydrogens is 1000 g/mol. The maximum absolute atomic E-state index is 5.11. The van der Waals surface area contributed by atoms with Crippen LogP contribution < -0.4 is 9.80 Å². The fourth-order valence-electron chi connectivity index (χ4n) is 11.7. The van der Waals surface area contributed by atoms with Crippen molar-refractivity contribution in [2.45, 2.75) is 0 Å². The average Bonchev–Trinajstić information content (AvgIpc) is 4.12. The van der Waals surface area contributed by atoms with Gasteiger partial charge >= 0.3 is 0 Å². The summed E-state index contributed by atoms with van der Waals surface area (Å²) in [7, 11) is 0. The maximum atomic E-state index is 5.11. The van der Waals surface area contributed by atoms with Crippen LogP contribution in [0.15, 0.2) is 304 Å². The lowest BCUT2D eigenvalue weighted by Gasteiger charge is -2.25. The molecule has 0 aliphatic carbocycles. The number of rotatable bonds is 12. The van der Waals surface area contributed by atoms with Gasteiger partial charge in [0.05, 0.1) is 45.8 Å². The summed E-state index contributed by atoms with van der Waals surface area (Å²) in [5.41, 5.74) is 21.3. The Morgan fingerprint density at radius 2 is 0.561 bits per heavy atom. The Labute approximate surface area is 474 Å². The highest BCUT2D eigenvalue weighted by atomic mass is 15.1. The molecule has 0 N–H and O–H groups in total. The predicted octanol–water partition coefficient (Wildman–Crippen LogP) is 19.1. The fraction of sp³-hybridized carbons (Fsp3) is 0. The number of para-hydroxylation sites is 4. The van der Waals surface area contributed by atoms with E-state index in [0.717, 1.165) is 134 Å². The molecule has 0 aliphatic rings. The second kappa shape index (κ2) is 20.5. The molecule has 0 fully saturated rings. The van der Waals surface area contributed by atoms with E-state index in [1.807, 2.05) is 37.2 Å². The summed E-state index contributed by atoms with van der Waals surface area (Å²) >= 11 is 0. The van der Waals surface area contributed by atoms with Crippen molar-refractivity contribution < 1.29 is 0 Å². The zero-order chi connectivity index (χ0) is 54.3. The molecule has 0 bridgehead atoms. The third-order valence-electron chi connectivity index (χ3n) is 15.6. The van der Waals surface area contributed by atoms with Gasteiger partial charge in [-0.2, -0.15) is 0 Å². The van der Waals surface area contributed by atoms with Crippen molar-refractivity contribution in [2.24, 2.45) is 0 Å². The summed E-state index contributed by atoms with van der Waals surface area (Å²) < 4.78 is 4.67. The zero-order valence-electron chi connectivity index (χ0n) is 44.4. The van der Waals surface area contributed by atoms with Crippen LogP contribution in [-0.4, -0.2) is 29.1 Å². The van der Waals surface area contributed by atoms with E-state index in [-0.39, 0.29) is 0 Å². The Kier molecular flexibility index (Phi) is 12.0. The van der Waals surface area contributed by atoms with Crippen molar-refractivity contribution in [1.82, 2.24) is 29.1 Å². The van der Waals surface area contributed by atoms with E-state index in [9.17, 15) is 0 Å². The van der Waals surface area contributed by atoms with Crippen LogP contribution in [0.3, 0.4) is 0 Å². The topological polar surface area (TPSA) is 67.9 Å². The number of aromatic nitrogens is 6. The van der Waals surface area contributed by atoms with Gasteiger partial charge < -0.3 is 18.9 Å². The number of anilines is 6. The lowest BCUT2D eigenvalue weighted by atomic mass is 10.0. The average molecular weight is 1050 g/mol. The first kappa shape index (κ1) is 47.9. The van der Waals surface area contributed by atoms with Crippen molar-refractivity contribution in [3.63, 3.8) is 0 Å². The highest BCUT2D eigenvalue weighted by molar-refractivity contribution is 6.11. The molecular formula is C74H50N8. The first-order valence-corrected chi connectivity index (χ1v) is 27.5. The summed E-state index contributed by atoms with van der Waals surface area (Å²) in [5.74, 6) is 0. The van der Waals surface area contributed by atoms with E-state index >= 15 is 0 Å². The zero-order valence-corrected chi connectivity index (χ0v) is 44.4. The molecule has 0 amide bonds. The van der Waals surface area contributed by atoms with E-state index < -0.39 is 0 Å². The summed E-state index contributed by atoms with van der Waals surface area (Å²) in [5, 5.41) is 4.49. The largest absolute Gasteiger partial charge is 0.310 e. The third kappa shape index (κ3) is 8.68. The second-order valence-corrected chi connectivity index (χ2v) is 20.4. The Morgan fingerprint density at radius 3 is 0.915 bits per heavy atom. The van der Waals surface area contributed by atoms with Crippen LogP contribution in [-0.2, 0) is 0 Å². The standard InChI is InChI=1S/C74H50N8/c1-5-13-57(14-6-1)79(58-15-7-2-8-16-58)63-37-39-71-65(45-63)67-47-75-43-41-73(67)81(71)61-33-29-53(30-34-61)51-21-25-55(26-22-51)69-49-77-50-70(78-69)56-27-23-52(24-28-56)54-31-35-62(36-32-54)82-72-40-38-64(46-66(72)68-48-76-44-42-74(68)82)80(59-17-9-3-10-18-59)60-19-11-4-12-20-60/h1-50H. The van der Waals surface area contributed by atoms with Gasteiger partial charge in [0.15, 0.2) is 0 Å². The number of nitrogens with zero attached hydrogens (tertiary/aromatic N) is 8. The number of fused-ring (bicyclic) bond motifs is 6. The van der Waals surface area contributed by atoms with E-state index in [0.29, 0.717) is 0 Å². The van der Waals surface area contributed by atoms with Crippen LogP contribution in [0.5, 0.6) is 0 Å². The second-order valence-electron chi connectivity index (χ2n) is 20.4. The van der Waals surface area contributed by atoms with Gasteiger partial charge in [0.25, 0.3) is 0 Å². The highest BCUT2D eigenvalue weighted by Gasteiger charge is 2.20. The summed E-state index contributed by atoms with van der Waals surface area (Å²) in [4.78, 5) is 23.5. The van der Waals surface area contributed by atoms with E-state index in [2.05, 4.69) is 301 Å². The fourth-order valence-corrected chi connectivity index (χ4v) is 11.7. The van der Waals surface area contributed by atoms with Gasteiger partial charge in [-0.1, -0.05) is 146 Å². The van der Waals surface area contributed by atoms with Gasteiger partial charge in [0.2, 0.25) is 0 Å². The Hall–Kier alpha value is -11.2. The Balaban J connectivity index is 0.662. The van der Waals surface area contributed by atoms with Gasteiger partial charge in [-0.05, 0) is 144 Å². The third-order valence-corrected chi connectivity index (χ3v) is 15.6. The molecule has 8 heteroatoms. The summed E-state index contributed by atoms with van der Waals surface area (Å²) in [6.45, 7) is 0. The van der Waals surface area contributed by atoms with Crippen LogP contribution in [0, 0.1) is 0 Å². The van der Waals surface area contributed by atoms with Crippen molar-refractivity contribution in [1.29, 1.82) is 0 Å². The van der Waals surface area contributed by atoms with Crippen molar-refractivity contribution in [2.75, 3.05) is 9.80 Å². The molecule has 0 spiro atoms. The molecule has 0 atom stereocenters. The van der Waals surface area contributed by atoms with Gasteiger partial charge in [-0.3, -0.25) is 15.0 Å². The van der Waals surface area contributed by atoms with E-state index in [1.165, 1.54) is 0 Å². The maximum Gasteiger partial charge on any atom is 0.0892 e. The van der Waals surface area contributed by atoms with Crippen molar-refractivity contribution in [3.05, 3.63) is 304 Å². The highest BCUT2D eigenvalue weighted by Crippen LogP contribution is 2.42. The Morgan fingerprint density at radius 1 is 0.244 bits per heavy atom. The number of benzene rings is 10. The van der Waals surface area contributed by atoms with Crippen LogP contribution in [0.25, 0.3) is 99.8 Å². The molecule has 15 aromatic rings. The van der Waals surface area contributed by atoms with Crippen molar-refractivity contribution >= 4 is 77.7 Å². The smallest absolute Gasteiger partial charge is 0.0892 e. The molecule has 0 radical (unpaired) electrons. The van der Waals surface area contributed by atoms with Gasteiger partial charge in [0, 0.05) is 103 Å². The molecule has 386 valence electrons. The minimum Gasteiger partial charge on any atom is -0.310 e. The summed E-state index contributed by atoms with van der Waals surface area (Å²) in [6, 6.07) is 94.6. The lowest BCUT2D eigenvalue weighted by Crippen LogP contribution is -2.09. The molecule has 8 nitrogen and oxygen atoms in total. The number of pyridine rings is 2. The van der Waals surface area contributed by atoms with E-state index in [1.54, 1.807) is 0 Å². The molecule has 0 aliphatic heterocycles. The molecule has 10 aromatic carbocycles. The molecule has 5 heterocycles. The van der Waals surface area contributed by atoms with Crippen LogP contribution in [0.1, 0.15) is 0 Å². The minimum atomic E-state index is 0.820. The monoisotopic (exact) mass is 1050 g/mol. The van der Waals surface area contributed by atoms with Gasteiger partial charge in [-0.15, -0.1) is 0 Å². The molecule has 0 saturated heterocycles. The molecule has 5 aromatic heterocycles. The Bertz CT molecular complexity index is 4370.